The standard InChI is InChI=1S/C22H29N5O7/c28-18-13-14-19(29)26(18)33-20(30)10-8-6-4-2-1-3-5-7-9-15-23-16-11-12-17(27(31)32)22-21(16)24-34-25-22/h11-12,23H,1-10,13-15H2. The van der Waals surface area contributed by atoms with Crippen LogP contribution in [0, 0.1) is 10.1 Å². The van der Waals surface area contributed by atoms with E-state index in [9.17, 15) is 24.5 Å². The Hall–Kier alpha value is -3.57. The van der Waals surface area contributed by atoms with E-state index < -0.39 is 22.7 Å². The molecule has 0 atom stereocenters. The number of amides is 2. The largest absolute Gasteiger partial charge is 0.383 e. The third-order valence-corrected chi connectivity index (χ3v) is 5.66. The summed E-state index contributed by atoms with van der Waals surface area (Å²) in [4.78, 5) is 49.9. The number of nitrogens with one attached hydrogen (secondary N) is 1. The SMILES string of the molecule is O=C(CCCCCCCCCCCNc1ccc([N+](=O)[O-])c2nonc12)ON1C(=O)CCC1=O. The maximum Gasteiger partial charge on any atom is 0.333 e. The molecule has 184 valence electrons. The van der Waals surface area contributed by atoms with Crippen molar-refractivity contribution < 1.29 is 28.8 Å². The molecule has 0 saturated carbocycles. The number of nitrogens with zero attached hydrogens (tertiary/aromatic N) is 4. The van der Waals surface area contributed by atoms with Crippen LogP contribution in [0.25, 0.3) is 11.0 Å². The van der Waals surface area contributed by atoms with Crippen LogP contribution in [0.15, 0.2) is 16.8 Å². The molecule has 0 unspecified atom stereocenters. The second-order valence-corrected chi connectivity index (χ2v) is 8.25. The highest BCUT2D eigenvalue weighted by Gasteiger charge is 2.32. The van der Waals surface area contributed by atoms with E-state index in [4.69, 9.17) is 4.84 Å². The summed E-state index contributed by atoms with van der Waals surface area (Å²) in [7, 11) is 0. The van der Waals surface area contributed by atoms with Crippen molar-refractivity contribution >= 4 is 40.2 Å². The number of aromatic nitrogens is 2. The third-order valence-electron chi connectivity index (χ3n) is 5.66. The number of hydroxylamine groups is 2. The van der Waals surface area contributed by atoms with Crippen LogP contribution in [0.3, 0.4) is 0 Å². The molecule has 2 heterocycles. The Morgan fingerprint density at radius 1 is 0.971 bits per heavy atom. The number of hydrogen-bond acceptors (Lipinski definition) is 10. The highest BCUT2D eigenvalue weighted by atomic mass is 16.7. The second kappa shape index (κ2) is 12.6. The van der Waals surface area contributed by atoms with Crippen molar-refractivity contribution in [1.82, 2.24) is 15.4 Å². The Morgan fingerprint density at radius 2 is 1.56 bits per heavy atom. The lowest BCUT2D eigenvalue weighted by Crippen LogP contribution is -2.31. The minimum atomic E-state index is -0.536. The normalized spacial score (nSPS) is 13.6. The second-order valence-electron chi connectivity index (χ2n) is 8.25. The van der Waals surface area contributed by atoms with E-state index in [0.29, 0.717) is 22.7 Å². The molecule has 1 N–H and O–H groups in total. The summed E-state index contributed by atoms with van der Waals surface area (Å²) in [6.07, 6.45) is 9.53. The molecule has 0 bridgehead atoms. The van der Waals surface area contributed by atoms with Gasteiger partial charge in [-0.1, -0.05) is 44.9 Å². The van der Waals surface area contributed by atoms with Gasteiger partial charge in [-0.15, -0.1) is 5.06 Å². The number of hydrogen-bond donors (Lipinski definition) is 1. The first-order chi connectivity index (χ1) is 16.5. The Bertz CT molecular complexity index is 1010. The molecule has 3 rings (SSSR count). The fourth-order valence-corrected chi connectivity index (χ4v) is 3.80. The molecule has 0 aliphatic carbocycles. The highest BCUT2D eigenvalue weighted by molar-refractivity contribution is 6.01. The van der Waals surface area contributed by atoms with Crippen molar-refractivity contribution in [3.63, 3.8) is 0 Å². The first-order valence-electron chi connectivity index (χ1n) is 11.7. The average Bonchev–Trinajstić information content (AvgIpc) is 3.42. The molecular formula is C22H29N5O7. The zero-order chi connectivity index (χ0) is 24.3. The summed E-state index contributed by atoms with van der Waals surface area (Å²) in [5.41, 5.74) is 1.05. The molecule has 2 aromatic rings. The smallest absolute Gasteiger partial charge is 0.333 e. The monoisotopic (exact) mass is 475 g/mol. The Labute approximate surface area is 196 Å². The van der Waals surface area contributed by atoms with Crippen LogP contribution >= 0.6 is 0 Å². The van der Waals surface area contributed by atoms with Gasteiger partial charge in [0, 0.05) is 31.9 Å². The van der Waals surface area contributed by atoms with E-state index >= 15 is 0 Å². The third kappa shape index (κ3) is 6.96. The van der Waals surface area contributed by atoms with Crippen molar-refractivity contribution in [1.29, 1.82) is 0 Å². The van der Waals surface area contributed by atoms with Crippen LogP contribution in [0.2, 0.25) is 0 Å². The number of carbonyl (C=O) groups is 3. The molecule has 1 saturated heterocycles. The Kier molecular flexibility index (Phi) is 9.30. The van der Waals surface area contributed by atoms with Gasteiger partial charge in [-0.05, 0) is 29.2 Å². The van der Waals surface area contributed by atoms with E-state index in [1.807, 2.05) is 0 Å². The zero-order valence-electron chi connectivity index (χ0n) is 19.0. The number of nitro groups is 1. The van der Waals surface area contributed by atoms with E-state index in [1.165, 1.54) is 6.07 Å². The van der Waals surface area contributed by atoms with Crippen molar-refractivity contribution in [3.8, 4) is 0 Å². The minimum absolute atomic E-state index is 0.104. The van der Waals surface area contributed by atoms with E-state index in [2.05, 4.69) is 20.3 Å². The lowest BCUT2D eigenvalue weighted by atomic mass is 10.1. The predicted molar refractivity (Wildman–Crippen MR) is 120 cm³/mol. The summed E-state index contributed by atoms with van der Waals surface area (Å²) in [6, 6.07) is 3.02. The van der Waals surface area contributed by atoms with Crippen LogP contribution in [0.1, 0.15) is 77.0 Å². The van der Waals surface area contributed by atoms with Crippen molar-refractivity contribution in [2.75, 3.05) is 11.9 Å². The summed E-state index contributed by atoms with van der Waals surface area (Å²) < 4.78 is 4.66. The topological polar surface area (TPSA) is 158 Å². The minimum Gasteiger partial charge on any atom is -0.383 e. The van der Waals surface area contributed by atoms with Crippen LogP contribution < -0.4 is 5.32 Å². The van der Waals surface area contributed by atoms with E-state index in [1.54, 1.807) is 6.07 Å². The first kappa shape index (κ1) is 25.1. The molecule has 2 amide bonds. The molecule has 12 nitrogen and oxygen atoms in total. The molecule has 1 aromatic carbocycles. The molecule has 1 aliphatic heterocycles. The van der Waals surface area contributed by atoms with Crippen LogP contribution in [0.4, 0.5) is 11.4 Å². The van der Waals surface area contributed by atoms with Crippen molar-refractivity contribution in [3.05, 3.63) is 22.2 Å². The first-order valence-corrected chi connectivity index (χ1v) is 11.7. The van der Waals surface area contributed by atoms with E-state index in [-0.39, 0.29) is 30.5 Å². The molecule has 0 spiro atoms. The number of nitro benzene ring substituents is 1. The molecule has 0 radical (unpaired) electrons. The molecule has 1 aromatic heterocycles. The molecule has 34 heavy (non-hydrogen) atoms. The fourth-order valence-electron chi connectivity index (χ4n) is 3.80. The number of carbonyl (C=O) groups excluding carboxylic acids is 3. The summed E-state index contributed by atoms with van der Waals surface area (Å²) in [5, 5.41) is 22.2. The number of benzene rings is 1. The Balaban J connectivity index is 1.17. The summed E-state index contributed by atoms with van der Waals surface area (Å²) in [6.45, 7) is 0.727. The maximum absolute atomic E-state index is 11.7. The highest BCUT2D eigenvalue weighted by Crippen LogP contribution is 2.28. The van der Waals surface area contributed by atoms with Crippen LogP contribution in [-0.4, -0.2) is 44.6 Å². The van der Waals surface area contributed by atoms with Gasteiger partial charge in [0.25, 0.3) is 11.8 Å². The fraction of sp³-hybridized carbons (Fsp3) is 0.591. The van der Waals surface area contributed by atoms with E-state index in [0.717, 1.165) is 57.9 Å². The van der Waals surface area contributed by atoms with Gasteiger partial charge in [0.1, 0.15) is 0 Å². The predicted octanol–water partition coefficient (Wildman–Crippen LogP) is 4.05. The van der Waals surface area contributed by atoms with Gasteiger partial charge in [-0.3, -0.25) is 19.7 Å². The maximum atomic E-state index is 11.7. The van der Waals surface area contributed by atoms with Crippen molar-refractivity contribution in [2.45, 2.75) is 77.0 Å². The van der Waals surface area contributed by atoms with Gasteiger partial charge in [-0.25, -0.2) is 9.42 Å². The van der Waals surface area contributed by atoms with Gasteiger partial charge < -0.3 is 10.2 Å². The zero-order valence-corrected chi connectivity index (χ0v) is 19.0. The van der Waals surface area contributed by atoms with Gasteiger partial charge in [0.05, 0.1) is 10.6 Å². The summed E-state index contributed by atoms with van der Waals surface area (Å²) in [5.74, 6) is -1.44. The molecular weight excluding hydrogens is 446 g/mol. The number of rotatable bonds is 15. The molecule has 1 fully saturated rings. The van der Waals surface area contributed by atoms with Gasteiger partial charge in [0.2, 0.25) is 5.52 Å². The van der Waals surface area contributed by atoms with Gasteiger partial charge in [0.15, 0.2) is 5.52 Å². The van der Waals surface area contributed by atoms with Crippen LogP contribution in [-0.2, 0) is 19.2 Å². The quantitative estimate of drug-likeness (QED) is 0.172. The number of imide groups is 1. The Morgan fingerprint density at radius 3 is 2.21 bits per heavy atom. The van der Waals surface area contributed by atoms with Crippen LogP contribution in [0.5, 0.6) is 0 Å². The number of anilines is 1. The lowest BCUT2D eigenvalue weighted by molar-refractivity contribution is -0.383. The number of non-ortho nitro benzene ring substituents is 1. The molecule has 12 heteroatoms. The van der Waals surface area contributed by atoms with Gasteiger partial charge >= 0.3 is 11.7 Å². The van der Waals surface area contributed by atoms with Gasteiger partial charge in [-0.2, -0.15) is 0 Å². The summed E-state index contributed by atoms with van der Waals surface area (Å²) >= 11 is 0. The lowest BCUT2D eigenvalue weighted by Gasteiger charge is -2.12. The average molecular weight is 476 g/mol. The molecule has 1 aliphatic rings. The number of fused-ring (bicyclic) bond motifs is 1. The van der Waals surface area contributed by atoms with Crippen molar-refractivity contribution in [2.24, 2.45) is 0 Å². The number of unbranched alkanes of at least 4 members (excludes halogenated alkanes) is 8.